The molecule has 0 aliphatic heterocycles. The van der Waals surface area contributed by atoms with Gasteiger partial charge in [-0.1, -0.05) is 6.07 Å². The molecule has 0 saturated heterocycles. The Kier molecular flexibility index (Phi) is 4.46. The molecule has 9 heteroatoms. The molecule has 0 atom stereocenters. The van der Waals surface area contributed by atoms with Crippen LogP contribution < -0.4 is 10.3 Å². The lowest BCUT2D eigenvalue weighted by molar-refractivity contribution is 0.507. The number of hydrogen-bond donors (Lipinski definition) is 1. The Morgan fingerprint density at radius 1 is 1.17 bits per heavy atom. The molecule has 1 aliphatic carbocycles. The van der Waals surface area contributed by atoms with Crippen LogP contribution in [0.5, 0.6) is 0 Å². The lowest BCUT2D eigenvalue weighted by atomic mass is 10.3. The summed E-state index contributed by atoms with van der Waals surface area (Å²) in [6.45, 7) is -0.244. The van der Waals surface area contributed by atoms with Crippen LogP contribution in [0.15, 0.2) is 40.0 Å². The molecule has 24 heavy (non-hydrogen) atoms. The molecule has 2 aromatic rings. The smallest absolute Gasteiger partial charge is 0.266 e. The van der Waals surface area contributed by atoms with Crippen LogP contribution in [0.25, 0.3) is 0 Å². The van der Waals surface area contributed by atoms with E-state index in [2.05, 4.69) is 9.82 Å². The molecule has 0 amide bonds. The summed E-state index contributed by atoms with van der Waals surface area (Å²) in [5, 5.41) is 4.18. The molecule has 1 N–H and O–H groups in total. The van der Waals surface area contributed by atoms with Gasteiger partial charge in [0, 0.05) is 18.5 Å². The van der Waals surface area contributed by atoms with E-state index in [1.807, 2.05) is 0 Å². The van der Waals surface area contributed by atoms with Gasteiger partial charge >= 0.3 is 0 Å². The summed E-state index contributed by atoms with van der Waals surface area (Å²) < 4.78 is 54.5. The summed E-state index contributed by atoms with van der Waals surface area (Å²) >= 11 is 0. The van der Waals surface area contributed by atoms with Crippen LogP contribution in [0.3, 0.4) is 0 Å². The SMILES string of the molecule is O=c1ccc(C2CC2)nn1CCNS(=O)(=O)c1c(F)cccc1F. The number of benzene rings is 1. The highest BCUT2D eigenvalue weighted by atomic mass is 32.2. The van der Waals surface area contributed by atoms with Gasteiger partial charge in [-0.15, -0.1) is 0 Å². The van der Waals surface area contributed by atoms with Crippen molar-refractivity contribution in [1.29, 1.82) is 0 Å². The average molecular weight is 355 g/mol. The first-order chi connectivity index (χ1) is 11.4. The van der Waals surface area contributed by atoms with Crippen LogP contribution in [-0.2, 0) is 16.6 Å². The van der Waals surface area contributed by atoms with E-state index < -0.39 is 26.6 Å². The van der Waals surface area contributed by atoms with Crippen LogP contribution in [0.4, 0.5) is 8.78 Å². The third kappa shape index (κ3) is 3.51. The molecule has 1 aromatic carbocycles. The fourth-order valence-electron chi connectivity index (χ4n) is 2.32. The standard InChI is InChI=1S/C15H15F2N3O3S/c16-11-2-1-3-12(17)15(11)24(22,23)18-8-9-20-14(21)7-6-13(19-20)10-4-5-10/h1-3,6-7,10,18H,4-5,8-9H2. The fourth-order valence-corrected chi connectivity index (χ4v) is 3.47. The predicted octanol–water partition coefficient (Wildman–Crippen LogP) is 1.38. The zero-order valence-electron chi connectivity index (χ0n) is 12.6. The highest BCUT2D eigenvalue weighted by Gasteiger charge is 2.26. The third-order valence-electron chi connectivity index (χ3n) is 3.69. The van der Waals surface area contributed by atoms with Crippen molar-refractivity contribution in [2.45, 2.75) is 30.2 Å². The second kappa shape index (κ2) is 6.40. The number of halogens is 2. The molecule has 0 spiro atoms. The molecule has 6 nitrogen and oxygen atoms in total. The molecule has 3 rings (SSSR count). The Morgan fingerprint density at radius 3 is 2.46 bits per heavy atom. The zero-order valence-corrected chi connectivity index (χ0v) is 13.4. The van der Waals surface area contributed by atoms with E-state index in [1.54, 1.807) is 6.07 Å². The molecule has 1 aromatic heterocycles. The van der Waals surface area contributed by atoms with Crippen LogP contribution in [-0.4, -0.2) is 24.7 Å². The first-order valence-electron chi connectivity index (χ1n) is 7.40. The molecular formula is C15H15F2N3O3S. The van der Waals surface area contributed by atoms with Crippen molar-refractivity contribution >= 4 is 10.0 Å². The Bertz CT molecular complexity index is 904. The molecule has 1 aliphatic rings. The average Bonchev–Trinajstić information content (AvgIpc) is 3.33. The van der Waals surface area contributed by atoms with E-state index in [0.29, 0.717) is 5.92 Å². The quantitative estimate of drug-likeness (QED) is 0.849. The summed E-state index contributed by atoms with van der Waals surface area (Å²) in [5.41, 5.74) is 0.424. The minimum atomic E-state index is -4.36. The number of hydrogen-bond acceptors (Lipinski definition) is 4. The molecule has 128 valence electrons. The maximum Gasteiger partial charge on any atom is 0.266 e. The normalized spacial score (nSPS) is 14.8. The summed E-state index contributed by atoms with van der Waals surface area (Å²) in [6.07, 6.45) is 2.04. The van der Waals surface area contributed by atoms with E-state index >= 15 is 0 Å². The van der Waals surface area contributed by atoms with E-state index in [-0.39, 0.29) is 18.6 Å². The monoisotopic (exact) mass is 355 g/mol. The summed E-state index contributed by atoms with van der Waals surface area (Å²) in [6, 6.07) is 5.85. The van der Waals surface area contributed by atoms with Gasteiger partial charge in [0.05, 0.1) is 12.2 Å². The van der Waals surface area contributed by atoms with Gasteiger partial charge in [-0.2, -0.15) is 5.10 Å². The van der Waals surface area contributed by atoms with E-state index in [9.17, 15) is 22.0 Å². The van der Waals surface area contributed by atoms with Crippen LogP contribution in [0, 0.1) is 11.6 Å². The zero-order chi connectivity index (χ0) is 17.3. The van der Waals surface area contributed by atoms with Crippen LogP contribution >= 0.6 is 0 Å². The molecule has 0 radical (unpaired) electrons. The number of sulfonamides is 1. The predicted molar refractivity (Wildman–Crippen MR) is 82.0 cm³/mol. The molecular weight excluding hydrogens is 340 g/mol. The van der Waals surface area contributed by atoms with Crippen molar-refractivity contribution in [3.05, 3.63) is 58.0 Å². The lowest BCUT2D eigenvalue weighted by Crippen LogP contribution is -2.33. The van der Waals surface area contributed by atoms with E-state index in [1.165, 1.54) is 6.07 Å². The lowest BCUT2D eigenvalue weighted by Gasteiger charge is -2.10. The summed E-state index contributed by atoms with van der Waals surface area (Å²) in [7, 11) is -4.36. The Hall–Kier alpha value is -2.13. The van der Waals surface area contributed by atoms with E-state index in [4.69, 9.17) is 0 Å². The Morgan fingerprint density at radius 2 is 1.83 bits per heavy atom. The van der Waals surface area contributed by atoms with Crippen molar-refractivity contribution in [3.8, 4) is 0 Å². The van der Waals surface area contributed by atoms with Gasteiger partial charge in [-0.3, -0.25) is 4.79 Å². The van der Waals surface area contributed by atoms with Crippen LogP contribution in [0.1, 0.15) is 24.5 Å². The molecule has 1 heterocycles. The van der Waals surface area contributed by atoms with Crippen LogP contribution in [0.2, 0.25) is 0 Å². The van der Waals surface area contributed by atoms with Gasteiger partial charge in [-0.25, -0.2) is 26.6 Å². The first-order valence-corrected chi connectivity index (χ1v) is 8.88. The van der Waals surface area contributed by atoms with Crippen molar-refractivity contribution in [2.75, 3.05) is 6.54 Å². The number of aromatic nitrogens is 2. The highest BCUT2D eigenvalue weighted by molar-refractivity contribution is 7.89. The van der Waals surface area contributed by atoms with Crippen molar-refractivity contribution in [3.63, 3.8) is 0 Å². The Balaban J connectivity index is 1.72. The highest BCUT2D eigenvalue weighted by Crippen LogP contribution is 2.38. The van der Waals surface area contributed by atoms with E-state index in [0.717, 1.165) is 41.4 Å². The maximum absolute atomic E-state index is 13.6. The van der Waals surface area contributed by atoms with Gasteiger partial charge in [0.25, 0.3) is 5.56 Å². The molecule has 1 fully saturated rings. The molecule has 1 saturated carbocycles. The van der Waals surface area contributed by atoms with Gasteiger partial charge in [-0.05, 0) is 31.0 Å². The van der Waals surface area contributed by atoms with Crippen molar-refractivity contribution < 1.29 is 17.2 Å². The number of nitrogens with one attached hydrogen (secondary N) is 1. The third-order valence-corrected chi connectivity index (χ3v) is 5.20. The largest absolute Gasteiger partial charge is 0.268 e. The minimum Gasteiger partial charge on any atom is -0.268 e. The number of nitrogens with zero attached hydrogens (tertiary/aromatic N) is 2. The first kappa shape index (κ1) is 16.7. The van der Waals surface area contributed by atoms with Gasteiger partial charge in [0.2, 0.25) is 10.0 Å². The minimum absolute atomic E-state index is 0.0330. The Labute approximate surface area is 137 Å². The van der Waals surface area contributed by atoms with Crippen molar-refractivity contribution in [1.82, 2.24) is 14.5 Å². The van der Waals surface area contributed by atoms with Gasteiger partial charge in [0.15, 0.2) is 4.90 Å². The maximum atomic E-state index is 13.6. The number of rotatable bonds is 6. The second-order valence-corrected chi connectivity index (χ2v) is 7.25. The van der Waals surface area contributed by atoms with Crippen molar-refractivity contribution in [2.24, 2.45) is 0 Å². The molecule has 0 bridgehead atoms. The van der Waals surface area contributed by atoms with Gasteiger partial charge in [0.1, 0.15) is 11.6 Å². The fraction of sp³-hybridized carbons (Fsp3) is 0.333. The second-order valence-electron chi connectivity index (χ2n) is 5.54. The summed E-state index contributed by atoms with van der Waals surface area (Å²) in [5.74, 6) is -2.00. The van der Waals surface area contributed by atoms with Gasteiger partial charge < -0.3 is 0 Å². The topological polar surface area (TPSA) is 81.1 Å². The summed E-state index contributed by atoms with van der Waals surface area (Å²) in [4.78, 5) is 10.7. The molecule has 0 unspecified atom stereocenters.